The third kappa shape index (κ3) is 5.30. The SMILES string of the molecule is C=CCN(CC(=O)N(CC(C)C)C1CC1)Cc1ccccc1. The summed E-state index contributed by atoms with van der Waals surface area (Å²) in [7, 11) is 0. The maximum Gasteiger partial charge on any atom is 0.237 e. The van der Waals surface area contributed by atoms with Crippen molar-refractivity contribution in [2.24, 2.45) is 5.92 Å². The van der Waals surface area contributed by atoms with Crippen molar-refractivity contribution in [3.05, 3.63) is 48.6 Å². The number of amides is 1. The van der Waals surface area contributed by atoms with Gasteiger partial charge in [0.25, 0.3) is 0 Å². The van der Waals surface area contributed by atoms with E-state index in [1.165, 1.54) is 18.4 Å². The third-order valence-electron chi connectivity index (χ3n) is 3.87. The highest BCUT2D eigenvalue weighted by atomic mass is 16.2. The van der Waals surface area contributed by atoms with E-state index in [0.717, 1.165) is 19.6 Å². The maximum absolute atomic E-state index is 12.7. The van der Waals surface area contributed by atoms with Crippen LogP contribution < -0.4 is 0 Å². The lowest BCUT2D eigenvalue weighted by atomic mass is 10.2. The van der Waals surface area contributed by atoms with Gasteiger partial charge in [-0.2, -0.15) is 0 Å². The number of hydrogen-bond donors (Lipinski definition) is 0. The Kier molecular flexibility index (Phi) is 6.20. The second-order valence-electron chi connectivity index (χ2n) is 6.62. The summed E-state index contributed by atoms with van der Waals surface area (Å²) in [6, 6.07) is 10.8. The van der Waals surface area contributed by atoms with Crippen LogP contribution in [0.15, 0.2) is 43.0 Å². The van der Waals surface area contributed by atoms with E-state index in [2.05, 4.69) is 42.4 Å². The van der Waals surface area contributed by atoms with E-state index >= 15 is 0 Å². The van der Waals surface area contributed by atoms with E-state index in [4.69, 9.17) is 0 Å². The fourth-order valence-electron chi connectivity index (χ4n) is 2.73. The Balaban J connectivity index is 1.96. The molecule has 1 aliphatic rings. The summed E-state index contributed by atoms with van der Waals surface area (Å²) in [5.74, 6) is 0.778. The summed E-state index contributed by atoms with van der Waals surface area (Å²) in [6.45, 7) is 11.0. The van der Waals surface area contributed by atoms with Crippen molar-refractivity contribution in [1.82, 2.24) is 9.80 Å². The quantitative estimate of drug-likeness (QED) is 0.653. The number of hydrogen-bond acceptors (Lipinski definition) is 2. The molecule has 0 heterocycles. The Morgan fingerprint density at radius 3 is 2.55 bits per heavy atom. The first-order valence-electron chi connectivity index (χ1n) is 8.26. The number of benzene rings is 1. The summed E-state index contributed by atoms with van der Waals surface area (Å²) in [4.78, 5) is 16.9. The van der Waals surface area contributed by atoms with Gasteiger partial charge in [0.05, 0.1) is 6.54 Å². The first-order chi connectivity index (χ1) is 10.6. The molecule has 0 bridgehead atoms. The molecule has 120 valence electrons. The molecule has 1 amide bonds. The Labute approximate surface area is 134 Å². The molecule has 0 radical (unpaired) electrons. The van der Waals surface area contributed by atoms with Gasteiger partial charge in [0.15, 0.2) is 0 Å². The fourth-order valence-corrected chi connectivity index (χ4v) is 2.73. The Bertz CT molecular complexity index is 479. The van der Waals surface area contributed by atoms with Crippen LogP contribution in [0.4, 0.5) is 0 Å². The van der Waals surface area contributed by atoms with Gasteiger partial charge in [-0.05, 0) is 24.3 Å². The summed E-state index contributed by atoms with van der Waals surface area (Å²) < 4.78 is 0. The molecule has 1 aromatic rings. The predicted octanol–water partition coefficient (Wildman–Crippen LogP) is 3.32. The molecule has 0 aromatic heterocycles. The molecule has 0 saturated heterocycles. The van der Waals surface area contributed by atoms with Crippen molar-refractivity contribution < 1.29 is 4.79 Å². The van der Waals surface area contributed by atoms with E-state index in [1.54, 1.807) is 0 Å². The van der Waals surface area contributed by atoms with Gasteiger partial charge in [-0.1, -0.05) is 50.3 Å². The number of rotatable bonds is 9. The van der Waals surface area contributed by atoms with Gasteiger partial charge < -0.3 is 4.90 Å². The Hall–Kier alpha value is -1.61. The summed E-state index contributed by atoms with van der Waals surface area (Å²) in [5, 5.41) is 0. The third-order valence-corrected chi connectivity index (χ3v) is 3.87. The van der Waals surface area contributed by atoms with Crippen molar-refractivity contribution in [2.75, 3.05) is 19.6 Å². The zero-order chi connectivity index (χ0) is 15.9. The monoisotopic (exact) mass is 300 g/mol. The average Bonchev–Trinajstić information content (AvgIpc) is 3.30. The topological polar surface area (TPSA) is 23.6 Å². The van der Waals surface area contributed by atoms with Crippen molar-refractivity contribution in [2.45, 2.75) is 39.3 Å². The molecule has 1 fully saturated rings. The van der Waals surface area contributed by atoms with Crippen LogP contribution in [0.25, 0.3) is 0 Å². The first-order valence-corrected chi connectivity index (χ1v) is 8.26. The second kappa shape index (κ2) is 8.14. The van der Waals surface area contributed by atoms with E-state index in [9.17, 15) is 4.79 Å². The van der Waals surface area contributed by atoms with E-state index in [0.29, 0.717) is 18.5 Å². The predicted molar refractivity (Wildman–Crippen MR) is 91.5 cm³/mol. The van der Waals surface area contributed by atoms with Crippen LogP contribution >= 0.6 is 0 Å². The second-order valence-corrected chi connectivity index (χ2v) is 6.62. The van der Waals surface area contributed by atoms with Gasteiger partial charge in [0, 0.05) is 25.7 Å². The Morgan fingerprint density at radius 1 is 1.32 bits per heavy atom. The van der Waals surface area contributed by atoms with Crippen LogP contribution in [0.2, 0.25) is 0 Å². The van der Waals surface area contributed by atoms with Gasteiger partial charge in [-0.25, -0.2) is 0 Å². The molecule has 3 nitrogen and oxygen atoms in total. The summed E-state index contributed by atoms with van der Waals surface area (Å²) >= 11 is 0. The molecular weight excluding hydrogens is 272 g/mol. The molecule has 1 aromatic carbocycles. The fraction of sp³-hybridized carbons (Fsp3) is 0.526. The molecule has 2 rings (SSSR count). The molecule has 0 atom stereocenters. The lowest BCUT2D eigenvalue weighted by Crippen LogP contribution is -2.43. The average molecular weight is 300 g/mol. The molecule has 1 saturated carbocycles. The van der Waals surface area contributed by atoms with Crippen molar-refractivity contribution in [1.29, 1.82) is 0 Å². The lowest BCUT2D eigenvalue weighted by molar-refractivity contribution is -0.133. The standard InChI is InChI=1S/C19H28N2O/c1-4-12-20(14-17-8-6-5-7-9-17)15-19(22)21(13-16(2)3)18-10-11-18/h4-9,16,18H,1,10-15H2,2-3H3. The molecule has 3 heteroatoms. The molecular formula is C19H28N2O. The minimum Gasteiger partial charge on any atom is -0.338 e. The molecule has 0 spiro atoms. The van der Waals surface area contributed by atoms with E-state index in [-0.39, 0.29) is 5.91 Å². The van der Waals surface area contributed by atoms with Crippen LogP contribution in [0.5, 0.6) is 0 Å². The largest absolute Gasteiger partial charge is 0.338 e. The normalized spacial score (nSPS) is 14.4. The highest BCUT2D eigenvalue weighted by Gasteiger charge is 2.33. The van der Waals surface area contributed by atoms with Crippen LogP contribution in [0.3, 0.4) is 0 Å². The van der Waals surface area contributed by atoms with E-state index in [1.807, 2.05) is 24.3 Å². The molecule has 0 aliphatic heterocycles. The van der Waals surface area contributed by atoms with Crippen molar-refractivity contribution in [3.63, 3.8) is 0 Å². The van der Waals surface area contributed by atoms with Crippen molar-refractivity contribution in [3.8, 4) is 0 Å². The first kappa shape index (κ1) is 16.8. The van der Waals surface area contributed by atoms with Gasteiger partial charge in [-0.3, -0.25) is 9.69 Å². The summed E-state index contributed by atoms with van der Waals surface area (Å²) in [5.41, 5.74) is 1.24. The number of carbonyl (C=O) groups excluding carboxylic acids is 1. The zero-order valence-corrected chi connectivity index (χ0v) is 13.9. The lowest BCUT2D eigenvalue weighted by Gasteiger charge is -2.28. The van der Waals surface area contributed by atoms with Crippen LogP contribution in [0.1, 0.15) is 32.3 Å². The molecule has 22 heavy (non-hydrogen) atoms. The highest BCUT2D eigenvalue weighted by molar-refractivity contribution is 5.79. The molecule has 0 unspecified atom stereocenters. The highest BCUT2D eigenvalue weighted by Crippen LogP contribution is 2.27. The van der Waals surface area contributed by atoms with Gasteiger partial charge in [0.1, 0.15) is 0 Å². The van der Waals surface area contributed by atoms with Crippen LogP contribution in [-0.4, -0.2) is 41.4 Å². The zero-order valence-electron chi connectivity index (χ0n) is 13.9. The molecule has 1 aliphatic carbocycles. The van der Waals surface area contributed by atoms with Gasteiger partial charge >= 0.3 is 0 Å². The Morgan fingerprint density at radius 2 is 2.00 bits per heavy atom. The molecule has 0 N–H and O–H groups in total. The van der Waals surface area contributed by atoms with Gasteiger partial charge in [0.2, 0.25) is 5.91 Å². The van der Waals surface area contributed by atoms with E-state index < -0.39 is 0 Å². The summed E-state index contributed by atoms with van der Waals surface area (Å²) in [6.07, 6.45) is 4.21. The number of carbonyl (C=O) groups is 1. The maximum atomic E-state index is 12.7. The smallest absolute Gasteiger partial charge is 0.237 e. The van der Waals surface area contributed by atoms with Crippen LogP contribution in [0, 0.1) is 5.92 Å². The van der Waals surface area contributed by atoms with Crippen LogP contribution in [-0.2, 0) is 11.3 Å². The van der Waals surface area contributed by atoms with Crippen molar-refractivity contribution >= 4 is 5.91 Å². The van der Waals surface area contributed by atoms with Gasteiger partial charge in [-0.15, -0.1) is 6.58 Å². The minimum absolute atomic E-state index is 0.258. The number of nitrogens with zero attached hydrogens (tertiary/aromatic N) is 2. The minimum atomic E-state index is 0.258.